The molecule has 0 atom stereocenters. The third kappa shape index (κ3) is 4.95. The average molecular weight is 353 g/mol. The van der Waals surface area contributed by atoms with Crippen LogP contribution in [0.15, 0.2) is 58.6 Å². The second-order valence-electron chi connectivity index (χ2n) is 4.65. The molecule has 0 aliphatic carbocycles. The van der Waals surface area contributed by atoms with E-state index in [1.54, 1.807) is 24.3 Å². The second-order valence-corrected chi connectivity index (χ2v) is 5.06. The van der Waals surface area contributed by atoms with Crippen molar-refractivity contribution in [3.8, 4) is 11.3 Å². The number of nitrogens with zero attached hydrogens (tertiary/aromatic N) is 1. The zero-order valence-corrected chi connectivity index (χ0v) is 13.2. The van der Waals surface area contributed by atoms with Crippen LogP contribution in [-0.2, 0) is 6.18 Å². The number of nitrogens with one attached hydrogen (secondary N) is 2. The van der Waals surface area contributed by atoms with E-state index in [-0.39, 0.29) is 0 Å². The largest absolute Gasteiger partial charge is 0.455 e. The Bertz CT molecular complexity index is 753. The van der Waals surface area contributed by atoms with Crippen LogP contribution in [0.3, 0.4) is 0 Å². The lowest BCUT2D eigenvalue weighted by Crippen LogP contribution is -2.31. The van der Waals surface area contributed by atoms with Crippen molar-refractivity contribution >= 4 is 23.5 Å². The molecule has 0 fully saturated rings. The Hall–Kier alpha value is -2.61. The minimum atomic E-state index is -4.40. The van der Waals surface area contributed by atoms with Crippen LogP contribution in [-0.4, -0.2) is 17.9 Å². The third-order valence-electron chi connectivity index (χ3n) is 2.87. The molecule has 1 aromatic carbocycles. The molecule has 0 radical (unpaired) electrons. The molecule has 4 nitrogen and oxygen atoms in total. The van der Waals surface area contributed by atoms with E-state index in [4.69, 9.17) is 16.6 Å². The first-order valence-corrected chi connectivity index (χ1v) is 7.26. The van der Waals surface area contributed by atoms with E-state index in [1.165, 1.54) is 12.3 Å². The molecule has 2 aromatic rings. The zero-order valence-electron chi connectivity index (χ0n) is 12.4. The fourth-order valence-corrected chi connectivity index (χ4v) is 1.92. The fourth-order valence-electron chi connectivity index (χ4n) is 1.79. The lowest BCUT2D eigenvalue weighted by atomic mass is 10.1. The van der Waals surface area contributed by atoms with Gasteiger partial charge in [0.2, 0.25) is 0 Å². The van der Waals surface area contributed by atoms with E-state index in [1.807, 2.05) is 0 Å². The van der Waals surface area contributed by atoms with Gasteiger partial charge in [-0.1, -0.05) is 18.2 Å². The van der Waals surface area contributed by atoms with E-state index in [0.29, 0.717) is 28.7 Å². The van der Waals surface area contributed by atoms with Gasteiger partial charge < -0.3 is 9.73 Å². The molecule has 2 rings (SSSR count). The van der Waals surface area contributed by atoms with Crippen LogP contribution in [0.5, 0.6) is 0 Å². The summed E-state index contributed by atoms with van der Waals surface area (Å²) in [6.45, 7) is 4.04. The van der Waals surface area contributed by atoms with E-state index >= 15 is 0 Å². The summed E-state index contributed by atoms with van der Waals surface area (Å²) >= 11 is 4.94. The lowest BCUT2D eigenvalue weighted by Gasteiger charge is -2.07. The molecule has 126 valence electrons. The number of hydrogen-bond acceptors (Lipinski definition) is 3. The third-order valence-corrected chi connectivity index (χ3v) is 3.10. The molecular formula is C16H14F3N3OS. The molecule has 0 saturated carbocycles. The molecule has 24 heavy (non-hydrogen) atoms. The van der Waals surface area contributed by atoms with Crippen molar-refractivity contribution in [2.75, 3.05) is 6.54 Å². The molecule has 8 heteroatoms. The average Bonchev–Trinajstić information content (AvgIpc) is 3.01. The number of alkyl halides is 3. The Morgan fingerprint density at radius 3 is 2.79 bits per heavy atom. The summed E-state index contributed by atoms with van der Waals surface area (Å²) in [5.74, 6) is 0.691. The number of halogens is 3. The van der Waals surface area contributed by atoms with Gasteiger partial charge in [-0.15, -0.1) is 6.58 Å². The molecule has 0 aliphatic rings. The predicted octanol–water partition coefficient (Wildman–Crippen LogP) is 3.95. The summed E-state index contributed by atoms with van der Waals surface area (Å²) in [5, 5.41) is 7.01. The summed E-state index contributed by atoms with van der Waals surface area (Å²) in [7, 11) is 0. The Balaban J connectivity index is 2.05. The molecule has 0 amide bonds. The van der Waals surface area contributed by atoms with Crippen LogP contribution in [0.4, 0.5) is 13.2 Å². The first-order chi connectivity index (χ1) is 11.4. The van der Waals surface area contributed by atoms with E-state index < -0.39 is 11.7 Å². The Labute approximate surface area is 142 Å². The van der Waals surface area contributed by atoms with Crippen molar-refractivity contribution in [1.29, 1.82) is 0 Å². The fraction of sp³-hybridized carbons (Fsp3) is 0.125. The topological polar surface area (TPSA) is 49.6 Å². The van der Waals surface area contributed by atoms with Crippen LogP contribution in [0.25, 0.3) is 11.3 Å². The monoisotopic (exact) mass is 353 g/mol. The maximum atomic E-state index is 12.7. The van der Waals surface area contributed by atoms with Gasteiger partial charge in [0, 0.05) is 12.1 Å². The van der Waals surface area contributed by atoms with Gasteiger partial charge in [-0.3, -0.25) is 5.43 Å². The molecule has 1 aromatic heterocycles. The lowest BCUT2D eigenvalue weighted by molar-refractivity contribution is -0.137. The SMILES string of the molecule is C=CCNC(=S)N/N=C/c1ccc(-c2cccc(C(F)(F)F)c2)o1. The van der Waals surface area contributed by atoms with Gasteiger partial charge in [-0.25, -0.2) is 0 Å². The summed E-state index contributed by atoms with van der Waals surface area (Å²) in [6.07, 6.45) is -1.38. The van der Waals surface area contributed by atoms with E-state index in [9.17, 15) is 13.2 Å². The zero-order chi connectivity index (χ0) is 17.6. The predicted molar refractivity (Wildman–Crippen MR) is 90.7 cm³/mol. The van der Waals surface area contributed by atoms with Crippen LogP contribution in [0, 0.1) is 0 Å². The van der Waals surface area contributed by atoms with Gasteiger partial charge in [0.05, 0.1) is 11.8 Å². The minimum absolute atomic E-state index is 0.315. The summed E-state index contributed by atoms with van der Waals surface area (Å²) < 4.78 is 43.7. The van der Waals surface area contributed by atoms with Crippen molar-refractivity contribution in [3.05, 3.63) is 60.4 Å². The molecule has 0 spiro atoms. The van der Waals surface area contributed by atoms with Crippen LogP contribution >= 0.6 is 12.2 Å². The minimum Gasteiger partial charge on any atom is -0.455 e. The van der Waals surface area contributed by atoms with Gasteiger partial charge in [-0.2, -0.15) is 18.3 Å². The van der Waals surface area contributed by atoms with Gasteiger partial charge in [0.1, 0.15) is 11.5 Å². The molecule has 0 aliphatic heterocycles. The molecule has 0 saturated heterocycles. The number of thiocarbonyl (C=S) groups is 1. The summed E-state index contributed by atoms with van der Waals surface area (Å²) in [5.41, 5.74) is 2.18. The molecule has 0 bridgehead atoms. The molecular weight excluding hydrogens is 339 g/mol. The number of furan rings is 1. The number of rotatable bonds is 5. The molecule has 0 unspecified atom stereocenters. The van der Waals surface area contributed by atoms with Crippen molar-refractivity contribution in [3.63, 3.8) is 0 Å². The van der Waals surface area contributed by atoms with Crippen molar-refractivity contribution < 1.29 is 17.6 Å². The van der Waals surface area contributed by atoms with Gasteiger partial charge >= 0.3 is 6.18 Å². The Morgan fingerprint density at radius 1 is 1.29 bits per heavy atom. The highest BCUT2D eigenvalue weighted by Gasteiger charge is 2.30. The number of benzene rings is 1. The standard InChI is InChI=1S/C16H14F3N3OS/c1-2-8-20-15(24)22-21-10-13-6-7-14(23-13)11-4-3-5-12(9-11)16(17,18)19/h2-7,9-10H,1,8H2,(H2,20,22,24)/b21-10+. The van der Waals surface area contributed by atoms with Crippen molar-refractivity contribution in [1.82, 2.24) is 10.7 Å². The van der Waals surface area contributed by atoms with Crippen molar-refractivity contribution in [2.45, 2.75) is 6.18 Å². The summed E-state index contributed by atoms with van der Waals surface area (Å²) in [6, 6.07) is 8.09. The Morgan fingerprint density at radius 2 is 2.08 bits per heavy atom. The smallest absolute Gasteiger partial charge is 0.416 e. The van der Waals surface area contributed by atoms with E-state index in [0.717, 1.165) is 12.1 Å². The van der Waals surface area contributed by atoms with Gasteiger partial charge in [-0.05, 0) is 36.5 Å². The van der Waals surface area contributed by atoms with Crippen LogP contribution in [0.1, 0.15) is 11.3 Å². The normalized spacial score (nSPS) is 11.5. The Kier molecular flexibility index (Phi) is 5.75. The highest BCUT2D eigenvalue weighted by molar-refractivity contribution is 7.80. The van der Waals surface area contributed by atoms with Gasteiger partial charge in [0.15, 0.2) is 5.11 Å². The first kappa shape index (κ1) is 17.7. The summed E-state index contributed by atoms with van der Waals surface area (Å²) in [4.78, 5) is 0. The van der Waals surface area contributed by atoms with Crippen LogP contribution in [0.2, 0.25) is 0 Å². The molecule has 1 heterocycles. The number of hydrazone groups is 1. The maximum Gasteiger partial charge on any atom is 0.416 e. The first-order valence-electron chi connectivity index (χ1n) is 6.85. The highest BCUT2D eigenvalue weighted by Crippen LogP contribution is 2.32. The maximum absolute atomic E-state index is 12.7. The van der Waals surface area contributed by atoms with Crippen LogP contribution < -0.4 is 10.7 Å². The number of hydrogen-bond donors (Lipinski definition) is 2. The molecule has 2 N–H and O–H groups in total. The quantitative estimate of drug-likeness (QED) is 0.370. The highest BCUT2D eigenvalue weighted by atomic mass is 32.1. The van der Waals surface area contributed by atoms with E-state index in [2.05, 4.69) is 22.4 Å². The van der Waals surface area contributed by atoms with Crippen molar-refractivity contribution in [2.24, 2.45) is 5.10 Å². The second kappa shape index (κ2) is 7.78. The van der Waals surface area contributed by atoms with Gasteiger partial charge in [0.25, 0.3) is 0 Å².